The molecule has 0 radical (unpaired) electrons. The third-order valence-corrected chi connectivity index (χ3v) is 3.14. The Morgan fingerprint density at radius 1 is 1.35 bits per heavy atom. The molecule has 1 heterocycles. The van der Waals surface area contributed by atoms with Gasteiger partial charge in [0, 0.05) is 19.1 Å². The highest BCUT2D eigenvalue weighted by Crippen LogP contribution is 2.16. The molecule has 20 heavy (non-hydrogen) atoms. The smallest absolute Gasteiger partial charge is 0.271 e. The van der Waals surface area contributed by atoms with Crippen molar-refractivity contribution in [1.29, 1.82) is 0 Å². The minimum absolute atomic E-state index is 0.150. The van der Waals surface area contributed by atoms with Crippen molar-refractivity contribution in [3.63, 3.8) is 0 Å². The second-order valence-electron chi connectivity index (χ2n) is 4.97. The fourth-order valence-electron chi connectivity index (χ4n) is 1.69. The Labute approximate surface area is 124 Å². The molecule has 0 bridgehead atoms. The number of halogens is 1. The molecule has 0 saturated heterocycles. The summed E-state index contributed by atoms with van der Waals surface area (Å²) in [6.45, 7) is 4.74. The number of aliphatic hydroxyl groups excluding tert-OH is 1. The van der Waals surface area contributed by atoms with Crippen LogP contribution in [0.4, 0.5) is 0 Å². The largest absolute Gasteiger partial charge is 0.396 e. The lowest BCUT2D eigenvalue weighted by molar-refractivity contribution is 0.0947. The summed E-state index contributed by atoms with van der Waals surface area (Å²) in [5, 5.41) is 11.7. The third kappa shape index (κ3) is 5.43. The second-order valence-corrected chi connectivity index (χ2v) is 5.38. The van der Waals surface area contributed by atoms with Crippen LogP contribution in [0.5, 0.6) is 0 Å². The Bertz CT molecular complexity index is 438. The van der Waals surface area contributed by atoms with Crippen LogP contribution in [0.15, 0.2) is 6.20 Å². The summed E-state index contributed by atoms with van der Waals surface area (Å²) in [7, 11) is 0. The van der Waals surface area contributed by atoms with Crippen LogP contribution < -0.4 is 5.32 Å². The quantitative estimate of drug-likeness (QED) is 0.723. The average Bonchev–Trinajstić information content (AvgIpc) is 2.42. The van der Waals surface area contributed by atoms with Gasteiger partial charge >= 0.3 is 0 Å². The van der Waals surface area contributed by atoms with E-state index in [2.05, 4.69) is 15.3 Å². The molecule has 2 N–H and O–H groups in total. The van der Waals surface area contributed by atoms with E-state index in [9.17, 15) is 4.79 Å². The van der Waals surface area contributed by atoms with Crippen LogP contribution in [0.3, 0.4) is 0 Å². The molecule has 0 aliphatic heterocycles. The van der Waals surface area contributed by atoms with Gasteiger partial charge in [-0.25, -0.2) is 9.97 Å². The minimum atomic E-state index is -0.263. The van der Waals surface area contributed by atoms with E-state index in [1.54, 1.807) is 0 Å². The molecule has 0 fully saturated rings. The lowest BCUT2D eigenvalue weighted by Gasteiger charge is -2.09. The van der Waals surface area contributed by atoms with Gasteiger partial charge in [-0.1, -0.05) is 38.3 Å². The van der Waals surface area contributed by atoms with Crippen molar-refractivity contribution >= 4 is 17.5 Å². The van der Waals surface area contributed by atoms with Crippen molar-refractivity contribution < 1.29 is 9.90 Å². The van der Waals surface area contributed by atoms with Gasteiger partial charge in [0.2, 0.25) is 0 Å². The summed E-state index contributed by atoms with van der Waals surface area (Å²) in [5.41, 5.74) is 0.237. The fraction of sp³-hybridized carbons (Fsp3) is 0.643. The monoisotopic (exact) mass is 299 g/mol. The first-order chi connectivity index (χ1) is 9.56. The summed E-state index contributed by atoms with van der Waals surface area (Å²) in [5.74, 6) is 0.501. The number of amides is 1. The maximum absolute atomic E-state index is 12.0. The van der Waals surface area contributed by atoms with Gasteiger partial charge in [-0.2, -0.15) is 0 Å². The van der Waals surface area contributed by atoms with Crippen LogP contribution in [0.1, 0.15) is 61.8 Å². The molecule has 1 aromatic rings. The van der Waals surface area contributed by atoms with Gasteiger partial charge in [-0.3, -0.25) is 4.79 Å². The molecule has 0 saturated carbocycles. The third-order valence-electron chi connectivity index (χ3n) is 2.86. The summed E-state index contributed by atoms with van der Waals surface area (Å²) in [4.78, 5) is 20.3. The maximum Gasteiger partial charge on any atom is 0.271 e. The Morgan fingerprint density at radius 2 is 2.05 bits per heavy atom. The first kappa shape index (κ1) is 16.9. The molecule has 0 aliphatic rings. The zero-order valence-electron chi connectivity index (χ0n) is 12.0. The first-order valence-electron chi connectivity index (χ1n) is 6.97. The Morgan fingerprint density at radius 3 is 2.70 bits per heavy atom. The molecular formula is C14H22ClN3O2. The fourth-order valence-corrected chi connectivity index (χ4v) is 1.87. The molecule has 0 aromatic carbocycles. The molecule has 1 aromatic heterocycles. The van der Waals surface area contributed by atoms with Crippen molar-refractivity contribution in [2.75, 3.05) is 13.2 Å². The number of carbonyl (C=O) groups excluding carboxylic acids is 1. The molecule has 0 unspecified atom stereocenters. The lowest BCUT2D eigenvalue weighted by atomic mass is 10.2. The van der Waals surface area contributed by atoms with Gasteiger partial charge in [0.15, 0.2) is 0 Å². The number of hydrogen-bond donors (Lipinski definition) is 2. The molecule has 112 valence electrons. The number of nitrogens with one attached hydrogen (secondary N) is 1. The highest BCUT2D eigenvalue weighted by molar-refractivity contribution is 6.33. The number of aromatic nitrogens is 2. The van der Waals surface area contributed by atoms with E-state index in [1.807, 2.05) is 13.8 Å². The van der Waals surface area contributed by atoms with Gasteiger partial charge in [0.25, 0.3) is 5.91 Å². The first-order valence-corrected chi connectivity index (χ1v) is 7.35. The van der Waals surface area contributed by atoms with E-state index in [0.717, 1.165) is 25.7 Å². The normalized spacial score (nSPS) is 10.8. The predicted molar refractivity (Wildman–Crippen MR) is 79.0 cm³/mol. The molecule has 6 heteroatoms. The van der Waals surface area contributed by atoms with Crippen LogP contribution in [0.2, 0.25) is 5.02 Å². The van der Waals surface area contributed by atoms with E-state index in [1.165, 1.54) is 6.20 Å². The molecular weight excluding hydrogens is 278 g/mol. The van der Waals surface area contributed by atoms with Gasteiger partial charge in [-0.05, 0) is 12.8 Å². The van der Waals surface area contributed by atoms with E-state index in [-0.39, 0.29) is 29.1 Å². The second kappa shape index (κ2) is 8.87. The number of unbranched alkanes of at least 4 members (excludes halogenated alkanes) is 3. The maximum atomic E-state index is 12.0. The number of rotatable bonds is 8. The summed E-state index contributed by atoms with van der Waals surface area (Å²) in [6, 6.07) is 0. The standard InChI is InChI=1S/C14H22ClN3O2/c1-10(2)13-17-9-11(15)12(18-13)14(20)16-7-5-3-4-6-8-19/h9-10,19H,3-8H2,1-2H3,(H,16,20). The predicted octanol–water partition coefficient (Wildman–Crippen LogP) is 2.54. The molecule has 1 amide bonds. The van der Waals surface area contributed by atoms with Crippen LogP contribution in [0.25, 0.3) is 0 Å². The SMILES string of the molecule is CC(C)c1ncc(Cl)c(C(=O)NCCCCCCO)n1. The number of aliphatic hydroxyl groups is 1. The molecule has 0 spiro atoms. The number of nitrogens with zero attached hydrogens (tertiary/aromatic N) is 2. The van der Waals surface area contributed by atoms with Crippen molar-refractivity contribution in [2.45, 2.75) is 45.4 Å². The van der Waals surface area contributed by atoms with E-state index >= 15 is 0 Å². The molecule has 1 rings (SSSR count). The van der Waals surface area contributed by atoms with Crippen molar-refractivity contribution in [3.8, 4) is 0 Å². The Hall–Kier alpha value is -1.20. The highest BCUT2D eigenvalue weighted by atomic mass is 35.5. The van der Waals surface area contributed by atoms with Gasteiger partial charge in [0.1, 0.15) is 11.5 Å². The lowest BCUT2D eigenvalue weighted by Crippen LogP contribution is -2.26. The molecule has 0 atom stereocenters. The van der Waals surface area contributed by atoms with Gasteiger partial charge in [-0.15, -0.1) is 0 Å². The zero-order valence-corrected chi connectivity index (χ0v) is 12.8. The zero-order chi connectivity index (χ0) is 15.0. The van der Waals surface area contributed by atoms with Crippen molar-refractivity contribution in [2.24, 2.45) is 0 Å². The topological polar surface area (TPSA) is 75.1 Å². The van der Waals surface area contributed by atoms with Crippen LogP contribution in [-0.4, -0.2) is 34.1 Å². The summed E-state index contributed by atoms with van der Waals surface area (Å²) in [6.07, 6.45) is 5.11. The van der Waals surface area contributed by atoms with E-state index < -0.39 is 0 Å². The van der Waals surface area contributed by atoms with Gasteiger partial charge < -0.3 is 10.4 Å². The molecule has 0 aliphatic carbocycles. The summed E-state index contributed by atoms with van der Waals surface area (Å²) >= 11 is 5.96. The Balaban J connectivity index is 2.48. The number of carbonyl (C=O) groups is 1. The summed E-state index contributed by atoms with van der Waals surface area (Å²) < 4.78 is 0. The van der Waals surface area contributed by atoms with Crippen molar-refractivity contribution in [3.05, 3.63) is 22.7 Å². The molecule has 5 nitrogen and oxygen atoms in total. The minimum Gasteiger partial charge on any atom is -0.396 e. The van der Waals surface area contributed by atoms with E-state index in [4.69, 9.17) is 16.7 Å². The van der Waals surface area contributed by atoms with Gasteiger partial charge in [0.05, 0.1) is 11.2 Å². The Kier molecular flexibility index (Phi) is 7.47. The van der Waals surface area contributed by atoms with Crippen LogP contribution in [-0.2, 0) is 0 Å². The number of hydrogen-bond acceptors (Lipinski definition) is 4. The average molecular weight is 300 g/mol. The van der Waals surface area contributed by atoms with Crippen LogP contribution in [0, 0.1) is 0 Å². The highest BCUT2D eigenvalue weighted by Gasteiger charge is 2.14. The van der Waals surface area contributed by atoms with Crippen molar-refractivity contribution in [1.82, 2.24) is 15.3 Å². The van der Waals surface area contributed by atoms with Crippen LogP contribution >= 0.6 is 11.6 Å². The van der Waals surface area contributed by atoms with E-state index in [0.29, 0.717) is 12.4 Å².